The van der Waals surface area contributed by atoms with Gasteiger partial charge in [0.25, 0.3) is 0 Å². The minimum absolute atomic E-state index is 0.175. The number of aromatic carboxylic acids is 1. The van der Waals surface area contributed by atoms with E-state index in [1.54, 1.807) is 12.3 Å². The highest BCUT2D eigenvalue weighted by Crippen LogP contribution is 2.26. The molecule has 0 spiro atoms. The molecule has 3 aromatic rings. The van der Waals surface area contributed by atoms with Crippen molar-refractivity contribution >= 4 is 27.8 Å². The average molecular weight is 201 g/mol. The topological polar surface area (TPSA) is 66.2 Å². The number of nitrogens with one attached hydrogen (secondary N) is 1. The van der Waals surface area contributed by atoms with Crippen molar-refractivity contribution in [2.75, 3.05) is 0 Å². The summed E-state index contributed by atoms with van der Waals surface area (Å²) in [6.07, 6.45) is 1.59. The Bertz CT molecular complexity index is 663. The first-order chi connectivity index (χ1) is 7.25. The average Bonchev–Trinajstić information content (AvgIpc) is 2.82. The largest absolute Gasteiger partial charge is 0.477 e. The number of aromatic amines is 1. The highest BCUT2D eigenvalue weighted by atomic mass is 16.4. The van der Waals surface area contributed by atoms with E-state index in [0.717, 1.165) is 21.9 Å². The molecule has 0 atom stereocenters. The van der Waals surface area contributed by atoms with E-state index in [1.807, 2.05) is 18.2 Å². The van der Waals surface area contributed by atoms with Gasteiger partial charge in [-0.15, -0.1) is 0 Å². The van der Waals surface area contributed by atoms with Crippen LogP contribution in [0.15, 0.2) is 34.9 Å². The second-order valence-electron chi connectivity index (χ2n) is 3.35. The Morgan fingerprint density at radius 3 is 3.00 bits per heavy atom. The molecule has 74 valence electrons. The minimum atomic E-state index is -0.967. The third-order valence-corrected chi connectivity index (χ3v) is 2.45. The second kappa shape index (κ2) is 2.63. The number of furan rings is 1. The van der Waals surface area contributed by atoms with Crippen LogP contribution in [0.1, 0.15) is 10.5 Å². The quantitative estimate of drug-likeness (QED) is 0.635. The summed E-state index contributed by atoms with van der Waals surface area (Å²) in [5.74, 6) is -0.967. The Kier molecular flexibility index (Phi) is 1.42. The van der Waals surface area contributed by atoms with Gasteiger partial charge in [0, 0.05) is 16.3 Å². The smallest absolute Gasteiger partial charge is 0.352 e. The number of benzene rings is 1. The molecule has 0 aliphatic carbocycles. The van der Waals surface area contributed by atoms with Gasteiger partial charge in [0.15, 0.2) is 0 Å². The van der Waals surface area contributed by atoms with Gasteiger partial charge >= 0.3 is 5.97 Å². The first-order valence-corrected chi connectivity index (χ1v) is 4.48. The standard InChI is InChI=1S/C11H7NO3/c13-11(14)9-5-7-8(12-9)2-1-6-3-4-15-10(6)7/h1-5,12H,(H,13,14). The molecule has 0 aliphatic rings. The van der Waals surface area contributed by atoms with E-state index in [4.69, 9.17) is 9.52 Å². The van der Waals surface area contributed by atoms with Crippen LogP contribution in [0.2, 0.25) is 0 Å². The lowest BCUT2D eigenvalue weighted by Crippen LogP contribution is -1.94. The molecule has 2 aromatic heterocycles. The van der Waals surface area contributed by atoms with Gasteiger partial charge in [-0.1, -0.05) is 0 Å². The van der Waals surface area contributed by atoms with E-state index in [9.17, 15) is 4.79 Å². The highest BCUT2D eigenvalue weighted by Gasteiger charge is 2.10. The summed E-state index contributed by atoms with van der Waals surface area (Å²) in [5.41, 5.74) is 1.67. The zero-order valence-electron chi connectivity index (χ0n) is 7.65. The molecule has 0 saturated carbocycles. The van der Waals surface area contributed by atoms with Crippen molar-refractivity contribution < 1.29 is 14.3 Å². The van der Waals surface area contributed by atoms with Crippen molar-refractivity contribution in [2.45, 2.75) is 0 Å². The van der Waals surface area contributed by atoms with Gasteiger partial charge in [0.05, 0.1) is 6.26 Å². The molecule has 0 aliphatic heterocycles. The zero-order valence-corrected chi connectivity index (χ0v) is 7.65. The molecule has 4 nitrogen and oxygen atoms in total. The Morgan fingerprint density at radius 2 is 2.20 bits per heavy atom. The molecule has 0 saturated heterocycles. The first kappa shape index (κ1) is 8.11. The van der Waals surface area contributed by atoms with Crippen molar-refractivity contribution in [1.29, 1.82) is 0 Å². The lowest BCUT2D eigenvalue weighted by Gasteiger charge is -1.89. The Balaban J connectivity index is 2.46. The summed E-state index contributed by atoms with van der Waals surface area (Å²) in [6.45, 7) is 0. The molecular weight excluding hydrogens is 194 g/mol. The van der Waals surface area contributed by atoms with E-state index in [0.29, 0.717) is 0 Å². The van der Waals surface area contributed by atoms with Crippen LogP contribution in [0.3, 0.4) is 0 Å². The maximum atomic E-state index is 10.8. The fourth-order valence-electron chi connectivity index (χ4n) is 1.75. The number of rotatable bonds is 1. The van der Waals surface area contributed by atoms with Gasteiger partial charge < -0.3 is 14.5 Å². The van der Waals surface area contributed by atoms with E-state index in [2.05, 4.69) is 4.98 Å². The predicted molar refractivity (Wildman–Crippen MR) is 55.0 cm³/mol. The van der Waals surface area contributed by atoms with Gasteiger partial charge in [0.2, 0.25) is 0 Å². The molecule has 0 bridgehead atoms. The van der Waals surface area contributed by atoms with Crippen LogP contribution in [-0.4, -0.2) is 16.1 Å². The van der Waals surface area contributed by atoms with E-state index in [1.165, 1.54) is 0 Å². The summed E-state index contributed by atoms with van der Waals surface area (Å²) in [7, 11) is 0. The van der Waals surface area contributed by atoms with Gasteiger partial charge in [-0.3, -0.25) is 0 Å². The number of fused-ring (bicyclic) bond motifs is 3. The monoisotopic (exact) mass is 201 g/mol. The minimum Gasteiger partial charge on any atom is -0.477 e. The van der Waals surface area contributed by atoms with E-state index < -0.39 is 5.97 Å². The maximum Gasteiger partial charge on any atom is 0.352 e. The molecule has 1 aromatic carbocycles. The number of carbonyl (C=O) groups is 1. The zero-order chi connectivity index (χ0) is 10.4. The fourth-order valence-corrected chi connectivity index (χ4v) is 1.75. The van der Waals surface area contributed by atoms with Crippen molar-refractivity contribution in [3.8, 4) is 0 Å². The van der Waals surface area contributed by atoms with Crippen molar-refractivity contribution in [1.82, 2.24) is 4.98 Å². The normalized spacial score (nSPS) is 11.2. The van der Waals surface area contributed by atoms with Crippen molar-refractivity contribution in [3.63, 3.8) is 0 Å². The summed E-state index contributed by atoms with van der Waals surface area (Å²) in [4.78, 5) is 13.6. The van der Waals surface area contributed by atoms with Crippen LogP contribution in [-0.2, 0) is 0 Å². The lowest BCUT2D eigenvalue weighted by atomic mass is 10.2. The molecule has 0 amide bonds. The lowest BCUT2D eigenvalue weighted by molar-refractivity contribution is 0.0691. The van der Waals surface area contributed by atoms with Crippen LogP contribution in [0.4, 0.5) is 0 Å². The number of carboxylic acid groups (broad SMARTS) is 1. The number of H-pyrrole nitrogens is 1. The Morgan fingerprint density at radius 1 is 1.33 bits per heavy atom. The number of hydrogen-bond donors (Lipinski definition) is 2. The molecular formula is C11H7NO3. The van der Waals surface area contributed by atoms with Crippen LogP contribution in [0.5, 0.6) is 0 Å². The van der Waals surface area contributed by atoms with Crippen LogP contribution in [0, 0.1) is 0 Å². The summed E-state index contributed by atoms with van der Waals surface area (Å²) in [5, 5.41) is 10.6. The van der Waals surface area contributed by atoms with Gasteiger partial charge in [-0.05, 0) is 24.3 Å². The van der Waals surface area contributed by atoms with E-state index in [-0.39, 0.29) is 5.69 Å². The SMILES string of the molecule is O=C(O)c1cc2c(ccc3ccoc32)[nH]1. The van der Waals surface area contributed by atoms with Gasteiger partial charge in [-0.25, -0.2) is 4.79 Å². The van der Waals surface area contributed by atoms with Crippen LogP contribution >= 0.6 is 0 Å². The molecule has 0 unspecified atom stereocenters. The van der Waals surface area contributed by atoms with Crippen molar-refractivity contribution in [3.05, 3.63) is 36.2 Å². The fraction of sp³-hybridized carbons (Fsp3) is 0. The summed E-state index contributed by atoms with van der Waals surface area (Å²) < 4.78 is 5.31. The van der Waals surface area contributed by atoms with Crippen LogP contribution in [0.25, 0.3) is 21.9 Å². The summed E-state index contributed by atoms with van der Waals surface area (Å²) >= 11 is 0. The van der Waals surface area contributed by atoms with Crippen LogP contribution < -0.4 is 0 Å². The van der Waals surface area contributed by atoms with Gasteiger partial charge in [0.1, 0.15) is 11.3 Å². The number of aromatic nitrogens is 1. The predicted octanol–water partition coefficient (Wildman–Crippen LogP) is 2.61. The van der Waals surface area contributed by atoms with Gasteiger partial charge in [-0.2, -0.15) is 0 Å². The third kappa shape index (κ3) is 1.05. The molecule has 0 fully saturated rings. The number of hydrogen-bond acceptors (Lipinski definition) is 2. The molecule has 15 heavy (non-hydrogen) atoms. The highest BCUT2D eigenvalue weighted by molar-refractivity contribution is 6.06. The van der Waals surface area contributed by atoms with Crippen molar-refractivity contribution in [2.24, 2.45) is 0 Å². The molecule has 0 radical (unpaired) electrons. The van der Waals surface area contributed by atoms with E-state index >= 15 is 0 Å². The molecule has 2 heterocycles. The molecule has 2 N–H and O–H groups in total. The maximum absolute atomic E-state index is 10.8. The number of carboxylic acids is 1. The third-order valence-electron chi connectivity index (χ3n) is 2.45. The first-order valence-electron chi connectivity index (χ1n) is 4.48. The molecule has 3 rings (SSSR count). The second-order valence-corrected chi connectivity index (χ2v) is 3.35. The molecule has 4 heteroatoms. The Hall–Kier alpha value is -2.23. The Labute approximate surface area is 84.1 Å². The summed E-state index contributed by atoms with van der Waals surface area (Å²) in [6, 6.07) is 7.18.